The molecule has 2 atom stereocenters. The highest BCUT2D eigenvalue weighted by atomic mass is 19.1. The molecule has 0 amide bonds. The van der Waals surface area contributed by atoms with Gasteiger partial charge in [0.25, 0.3) is 0 Å². The van der Waals surface area contributed by atoms with Gasteiger partial charge in [0, 0.05) is 38.1 Å². The topological polar surface area (TPSA) is 80.0 Å². The molecule has 8 heteroatoms. The van der Waals surface area contributed by atoms with Crippen molar-refractivity contribution in [3.05, 3.63) is 78.1 Å². The van der Waals surface area contributed by atoms with Gasteiger partial charge in [0.1, 0.15) is 42.0 Å². The number of halogens is 1. The summed E-state index contributed by atoms with van der Waals surface area (Å²) in [5, 5.41) is 21.5. The number of hydrogen-bond donors (Lipinski definition) is 2. The third-order valence-corrected chi connectivity index (χ3v) is 5.95. The van der Waals surface area contributed by atoms with Crippen molar-refractivity contribution >= 4 is 0 Å². The molecular weight excluding hydrogens is 425 g/mol. The monoisotopic (exact) mass is 455 g/mol. The number of nitrogens with zero attached hydrogens (tertiary/aromatic N) is 3. The second-order valence-corrected chi connectivity index (χ2v) is 8.53. The Morgan fingerprint density at radius 1 is 1.15 bits per heavy atom. The number of hydrogen-bond acceptors (Lipinski definition) is 6. The molecule has 1 aliphatic heterocycles. The van der Waals surface area contributed by atoms with Crippen molar-refractivity contribution < 1.29 is 24.1 Å². The Balaban J connectivity index is 1.32. The Kier molecular flexibility index (Phi) is 7.27. The number of piperidine rings is 1. The van der Waals surface area contributed by atoms with Crippen LogP contribution in [0.3, 0.4) is 0 Å². The minimum Gasteiger partial charge on any atom is -0.492 e. The van der Waals surface area contributed by atoms with Gasteiger partial charge in [0.15, 0.2) is 0 Å². The van der Waals surface area contributed by atoms with E-state index in [9.17, 15) is 14.6 Å². The van der Waals surface area contributed by atoms with Gasteiger partial charge in [-0.25, -0.2) is 9.37 Å². The number of ether oxygens (including phenoxy) is 2. The number of β-amino-alcohol motifs (C(OH)–C–C–N with tert-alkyl or cyclic N) is 1. The van der Waals surface area contributed by atoms with E-state index < -0.39 is 17.5 Å². The van der Waals surface area contributed by atoms with Crippen LogP contribution in [-0.4, -0.2) is 62.7 Å². The van der Waals surface area contributed by atoms with Gasteiger partial charge in [-0.05, 0) is 43.2 Å². The van der Waals surface area contributed by atoms with Crippen LogP contribution in [0.25, 0.3) is 0 Å². The molecule has 33 heavy (non-hydrogen) atoms. The number of aliphatic hydroxyl groups is 2. The van der Waals surface area contributed by atoms with Crippen LogP contribution in [0.1, 0.15) is 17.8 Å². The van der Waals surface area contributed by atoms with Crippen molar-refractivity contribution in [2.45, 2.75) is 38.1 Å². The number of benzene rings is 2. The zero-order valence-electron chi connectivity index (χ0n) is 18.7. The molecule has 0 bridgehead atoms. The first-order valence-electron chi connectivity index (χ1n) is 11.1. The van der Waals surface area contributed by atoms with Crippen LogP contribution in [0.2, 0.25) is 0 Å². The fourth-order valence-corrected chi connectivity index (χ4v) is 4.08. The maximum absolute atomic E-state index is 13.4. The normalized spacial score (nSPS) is 21.2. The molecule has 1 aliphatic rings. The molecule has 0 aliphatic carbocycles. The number of likely N-dealkylation sites (tertiary alicyclic amines) is 1. The standard InChI is InChI=1S/C25H30FN3O4/c1-19-27-9-11-29(19)12-13-32-22-6-2-4-20(14-22)16-28-10-8-24(30)25(31,17-28)18-33-23-7-3-5-21(26)15-23/h2-7,9,11,14-15,24,30-31H,8,10,12-13,16-18H2,1H3/t24-,25-/m0/s1. The molecule has 2 N–H and O–H groups in total. The Labute approximate surface area is 193 Å². The first-order chi connectivity index (χ1) is 15.9. The molecule has 2 aromatic carbocycles. The largest absolute Gasteiger partial charge is 0.492 e. The van der Waals surface area contributed by atoms with Crippen LogP contribution >= 0.6 is 0 Å². The molecule has 1 saturated heterocycles. The molecule has 0 spiro atoms. The summed E-state index contributed by atoms with van der Waals surface area (Å²) in [7, 11) is 0. The summed E-state index contributed by atoms with van der Waals surface area (Å²) in [6, 6.07) is 13.6. The van der Waals surface area contributed by atoms with Crippen LogP contribution < -0.4 is 9.47 Å². The molecule has 0 unspecified atom stereocenters. The summed E-state index contributed by atoms with van der Waals surface area (Å²) >= 11 is 0. The molecule has 1 aromatic heterocycles. The van der Waals surface area contributed by atoms with Gasteiger partial charge in [-0.3, -0.25) is 4.90 Å². The van der Waals surface area contributed by atoms with Crippen molar-refractivity contribution in [1.29, 1.82) is 0 Å². The van der Waals surface area contributed by atoms with E-state index in [1.165, 1.54) is 12.1 Å². The van der Waals surface area contributed by atoms with Gasteiger partial charge < -0.3 is 24.3 Å². The summed E-state index contributed by atoms with van der Waals surface area (Å²) in [6.45, 7) is 4.59. The molecule has 4 rings (SSSR count). The molecule has 1 fully saturated rings. The van der Waals surface area contributed by atoms with Gasteiger partial charge in [-0.1, -0.05) is 18.2 Å². The van der Waals surface area contributed by atoms with E-state index in [1.807, 2.05) is 42.0 Å². The lowest BCUT2D eigenvalue weighted by Crippen LogP contribution is -2.59. The number of aromatic nitrogens is 2. The van der Waals surface area contributed by atoms with Crippen molar-refractivity contribution in [1.82, 2.24) is 14.5 Å². The molecule has 3 aromatic rings. The smallest absolute Gasteiger partial charge is 0.137 e. The third kappa shape index (κ3) is 6.10. The molecule has 2 heterocycles. The van der Waals surface area contributed by atoms with Crippen LogP contribution in [0.15, 0.2) is 60.9 Å². The highest BCUT2D eigenvalue weighted by molar-refractivity contribution is 5.28. The Morgan fingerprint density at radius 2 is 1.94 bits per heavy atom. The Hall–Kier alpha value is -2.94. The Morgan fingerprint density at radius 3 is 2.70 bits per heavy atom. The van der Waals surface area contributed by atoms with Crippen molar-refractivity contribution in [3.63, 3.8) is 0 Å². The van der Waals surface area contributed by atoms with E-state index in [2.05, 4.69) is 9.88 Å². The Bertz CT molecular complexity index is 1060. The molecule has 176 valence electrons. The lowest BCUT2D eigenvalue weighted by atomic mass is 9.90. The minimum atomic E-state index is -1.44. The van der Waals surface area contributed by atoms with Gasteiger partial charge in [0.2, 0.25) is 0 Å². The third-order valence-electron chi connectivity index (χ3n) is 5.95. The van der Waals surface area contributed by atoms with Crippen LogP contribution in [0.5, 0.6) is 11.5 Å². The summed E-state index contributed by atoms with van der Waals surface area (Å²) in [4.78, 5) is 6.29. The molecule has 7 nitrogen and oxygen atoms in total. The summed E-state index contributed by atoms with van der Waals surface area (Å²) in [6.07, 6.45) is 3.21. The van der Waals surface area contributed by atoms with Crippen molar-refractivity contribution in [3.8, 4) is 11.5 Å². The van der Waals surface area contributed by atoms with E-state index in [1.54, 1.807) is 18.3 Å². The predicted molar refractivity (Wildman–Crippen MR) is 122 cm³/mol. The zero-order chi connectivity index (χ0) is 23.3. The van der Waals surface area contributed by atoms with E-state index in [4.69, 9.17) is 9.47 Å². The zero-order valence-corrected chi connectivity index (χ0v) is 18.7. The van der Waals surface area contributed by atoms with Crippen LogP contribution in [0.4, 0.5) is 4.39 Å². The average molecular weight is 456 g/mol. The fourth-order valence-electron chi connectivity index (χ4n) is 4.08. The fraction of sp³-hybridized carbons (Fsp3) is 0.400. The minimum absolute atomic E-state index is 0.120. The van der Waals surface area contributed by atoms with Crippen LogP contribution in [-0.2, 0) is 13.1 Å². The number of rotatable bonds is 9. The SMILES string of the molecule is Cc1nccn1CCOc1cccc(CN2CC[C@H](O)[C@@](O)(COc3cccc(F)c3)C2)c1. The highest BCUT2D eigenvalue weighted by Gasteiger charge is 2.42. The molecule has 0 radical (unpaired) electrons. The first-order valence-corrected chi connectivity index (χ1v) is 11.1. The van der Waals surface area contributed by atoms with Gasteiger partial charge in [0.05, 0.1) is 12.6 Å². The molecule has 0 saturated carbocycles. The lowest BCUT2D eigenvalue weighted by molar-refractivity contribution is -0.140. The van der Waals surface area contributed by atoms with Gasteiger partial charge in [-0.15, -0.1) is 0 Å². The van der Waals surface area contributed by atoms with Crippen molar-refractivity contribution in [2.75, 3.05) is 26.3 Å². The first kappa shape index (κ1) is 23.2. The highest BCUT2D eigenvalue weighted by Crippen LogP contribution is 2.26. The maximum atomic E-state index is 13.4. The predicted octanol–water partition coefficient (Wildman–Crippen LogP) is 2.79. The van der Waals surface area contributed by atoms with E-state index in [-0.39, 0.29) is 13.2 Å². The second kappa shape index (κ2) is 10.3. The lowest BCUT2D eigenvalue weighted by Gasteiger charge is -2.42. The number of imidazole rings is 1. The van der Waals surface area contributed by atoms with Crippen molar-refractivity contribution in [2.24, 2.45) is 0 Å². The van der Waals surface area contributed by atoms with E-state index in [0.29, 0.717) is 31.9 Å². The quantitative estimate of drug-likeness (QED) is 0.517. The van der Waals surface area contributed by atoms with Crippen LogP contribution in [0, 0.1) is 12.7 Å². The van der Waals surface area contributed by atoms with E-state index in [0.717, 1.165) is 23.7 Å². The summed E-state index contributed by atoms with van der Waals surface area (Å²) < 4.78 is 26.9. The molecular formula is C25H30FN3O4. The second-order valence-electron chi connectivity index (χ2n) is 8.53. The van der Waals surface area contributed by atoms with Gasteiger partial charge >= 0.3 is 0 Å². The number of aryl methyl sites for hydroxylation is 1. The van der Waals surface area contributed by atoms with E-state index >= 15 is 0 Å². The average Bonchev–Trinajstić information content (AvgIpc) is 3.20. The summed E-state index contributed by atoms with van der Waals surface area (Å²) in [5.41, 5.74) is -0.391. The summed E-state index contributed by atoms with van der Waals surface area (Å²) in [5.74, 6) is 1.65. The number of aliphatic hydroxyl groups excluding tert-OH is 1. The van der Waals surface area contributed by atoms with Gasteiger partial charge in [-0.2, -0.15) is 0 Å². The maximum Gasteiger partial charge on any atom is 0.137 e.